The number of nitrogens with zero attached hydrogens (tertiary/aromatic N) is 1. The average Bonchev–Trinajstić information content (AvgIpc) is 2.95. The largest absolute Gasteiger partial charge is 0.453 e. The fourth-order valence-electron chi connectivity index (χ4n) is 3.08. The van der Waals surface area contributed by atoms with Gasteiger partial charge in [0.25, 0.3) is 11.5 Å². The van der Waals surface area contributed by atoms with Crippen molar-refractivity contribution < 1.29 is 21.2 Å². The van der Waals surface area contributed by atoms with Crippen LogP contribution in [0.3, 0.4) is 0 Å². The molecule has 3 aromatic carbocycles. The van der Waals surface area contributed by atoms with Crippen molar-refractivity contribution in [2.75, 3.05) is 12.4 Å². The monoisotopic (exact) mass is 547 g/mol. The predicted molar refractivity (Wildman–Crippen MR) is 161 cm³/mol. The van der Waals surface area contributed by atoms with Crippen LogP contribution in [0, 0.1) is 6.08 Å². The Morgan fingerprint density at radius 2 is 1.56 bits per heavy atom. The van der Waals surface area contributed by atoms with Crippen LogP contribution in [0.15, 0.2) is 120 Å². The Labute approximate surface area is 230 Å². The minimum absolute atomic E-state index is 0. The topological polar surface area (TPSA) is 159 Å². The summed E-state index contributed by atoms with van der Waals surface area (Å²) in [6.07, 6.45) is 9.04. The summed E-state index contributed by atoms with van der Waals surface area (Å²) in [6.45, 7) is 0. The number of carbonyl (C=O) groups is 2. The molecule has 1 atom stereocenters. The van der Waals surface area contributed by atoms with Crippen molar-refractivity contribution in [3.8, 4) is 11.4 Å². The standard InChI is InChI=1S/C14H10N2O.C13H9NO.C2H5NO2.H2O.H3P.H2/c17-14-11-8-4-5-9-12(11)15-13(16-14)10-6-2-1-3-7-10;15-13(11-7-3-1-4-8-11)14-12-9-5-2-6-10-12;1-5-2(3)4;;;/h1-9H,(H,15,16,17);2-10H;1H3,(H2,3,4);1H2;1H3;1H/p+1. The second kappa shape index (κ2) is 16.7. The number of primary amides is 1. The molecule has 1 unspecified atom stereocenters. The molecule has 1 aliphatic carbocycles. The molecule has 5 rings (SSSR count). The van der Waals surface area contributed by atoms with Gasteiger partial charge in [-0.25, -0.2) is 9.78 Å². The van der Waals surface area contributed by atoms with Crippen LogP contribution in [0.5, 0.6) is 0 Å². The number of hydrogen-bond donors (Lipinski definition) is 3. The van der Waals surface area contributed by atoms with Gasteiger partial charge in [0, 0.05) is 18.8 Å². The van der Waals surface area contributed by atoms with E-state index in [1.54, 1.807) is 30.4 Å². The van der Waals surface area contributed by atoms with Crippen molar-refractivity contribution in [3.05, 3.63) is 131 Å². The summed E-state index contributed by atoms with van der Waals surface area (Å²) in [6, 6.07) is 26.3. The minimum atomic E-state index is -0.745. The van der Waals surface area contributed by atoms with Gasteiger partial charge in [0.15, 0.2) is 5.57 Å². The fraction of sp³-hybridized carbons (Fsp3) is 0.0345. The molecule has 0 spiro atoms. The first kappa shape index (κ1) is 32.1. The minimum Gasteiger partial charge on any atom is -0.453 e. The van der Waals surface area contributed by atoms with E-state index in [1.807, 2.05) is 78.9 Å². The van der Waals surface area contributed by atoms with Crippen molar-refractivity contribution in [2.45, 2.75) is 0 Å². The molecular formula is C29H32N4O5P+. The number of methoxy groups -OCH3 is 1. The molecule has 0 saturated heterocycles. The quantitative estimate of drug-likeness (QED) is 0.258. The number of rotatable bonds is 3. The van der Waals surface area contributed by atoms with Crippen LogP contribution in [0.4, 0.5) is 10.5 Å². The third-order valence-corrected chi connectivity index (χ3v) is 4.87. The van der Waals surface area contributed by atoms with E-state index >= 15 is 0 Å². The van der Waals surface area contributed by atoms with Crippen molar-refractivity contribution in [1.29, 1.82) is 0 Å². The summed E-state index contributed by atoms with van der Waals surface area (Å²) in [4.78, 5) is 40.2. The second-order valence-corrected chi connectivity index (χ2v) is 7.43. The van der Waals surface area contributed by atoms with E-state index in [9.17, 15) is 14.4 Å². The number of carbonyl (C=O) groups excluding carboxylic acids is 2. The maximum Gasteiger partial charge on any atom is 0.404 e. The number of amides is 2. The Hall–Kier alpha value is -4.94. The molecule has 1 aromatic heterocycles. The maximum atomic E-state index is 11.9. The Morgan fingerprint density at radius 1 is 0.974 bits per heavy atom. The van der Waals surface area contributed by atoms with Gasteiger partial charge in [-0.3, -0.25) is 9.59 Å². The number of nitrogens with two attached hydrogens (primary N) is 1. The molecule has 0 radical (unpaired) electrons. The number of fused-ring (bicyclic) bond motifs is 1. The van der Waals surface area contributed by atoms with Gasteiger partial charge in [-0.2, -0.15) is 9.90 Å². The molecule has 1 heterocycles. The van der Waals surface area contributed by atoms with Gasteiger partial charge >= 0.3 is 6.09 Å². The lowest BCUT2D eigenvalue weighted by Gasteiger charge is -2.02. The molecule has 2 amide bonds. The second-order valence-electron chi connectivity index (χ2n) is 7.43. The first-order chi connectivity index (χ1) is 18.0. The molecular weight excluding hydrogens is 515 g/mol. The maximum absolute atomic E-state index is 11.9. The van der Waals surface area contributed by atoms with E-state index in [2.05, 4.69) is 31.8 Å². The summed E-state index contributed by atoms with van der Waals surface area (Å²) in [5, 5.41) is 3.42. The first-order valence-corrected chi connectivity index (χ1v) is 11.2. The summed E-state index contributed by atoms with van der Waals surface area (Å²) in [5.74, 6) is 0.504. The number of hydrogen-bond acceptors (Lipinski definition) is 5. The van der Waals surface area contributed by atoms with Crippen LogP contribution in [-0.4, -0.2) is 34.6 Å². The van der Waals surface area contributed by atoms with E-state index in [0.717, 1.165) is 16.8 Å². The molecule has 0 bridgehead atoms. The first-order valence-electron chi connectivity index (χ1n) is 11.2. The summed E-state index contributed by atoms with van der Waals surface area (Å²) >= 11 is 0. The van der Waals surface area contributed by atoms with Crippen molar-refractivity contribution in [1.82, 2.24) is 9.97 Å². The Morgan fingerprint density at radius 3 is 2.15 bits per heavy atom. The highest BCUT2D eigenvalue weighted by Gasteiger charge is 2.12. The van der Waals surface area contributed by atoms with Crippen LogP contribution < -0.4 is 16.6 Å². The van der Waals surface area contributed by atoms with E-state index in [0.29, 0.717) is 16.8 Å². The van der Waals surface area contributed by atoms with Crippen LogP contribution in [0.1, 0.15) is 1.43 Å². The lowest BCUT2D eigenvalue weighted by Crippen LogP contribution is -2.13. The zero-order chi connectivity index (χ0) is 26.5. The Balaban J connectivity index is 0.000000616. The Bertz CT molecular complexity index is 1510. The number of ether oxygens (including phenoxy) is 1. The van der Waals surface area contributed by atoms with Gasteiger partial charge in [0.2, 0.25) is 0 Å². The zero-order valence-electron chi connectivity index (χ0n) is 21.3. The SMILES string of the molecule is COC(N)=O.O.O=C(Nc1ccccc1)C1=CC=[C+]C=C1.O=c1[nH]c(-c2ccccc2)nc2ccccc12.P.[HH]. The third kappa shape index (κ3) is 10.1. The molecule has 4 aromatic rings. The number of anilines is 1. The van der Waals surface area contributed by atoms with E-state index in [1.165, 1.54) is 7.11 Å². The van der Waals surface area contributed by atoms with Gasteiger partial charge in [-0.05, 0) is 24.3 Å². The summed E-state index contributed by atoms with van der Waals surface area (Å²) in [5.41, 5.74) is 7.40. The zero-order valence-corrected chi connectivity index (χ0v) is 22.7. The van der Waals surface area contributed by atoms with Crippen molar-refractivity contribution in [2.24, 2.45) is 5.73 Å². The molecule has 39 heavy (non-hydrogen) atoms. The number of benzene rings is 3. The highest BCUT2D eigenvalue weighted by Crippen LogP contribution is 2.15. The van der Waals surface area contributed by atoms with Crippen LogP contribution in [0.25, 0.3) is 22.3 Å². The molecule has 10 heteroatoms. The van der Waals surface area contributed by atoms with Crippen molar-refractivity contribution in [3.63, 3.8) is 0 Å². The van der Waals surface area contributed by atoms with Gasteiger partial charge in [-0.15, -0.1) is 0 Å². The highest BCUT2D eigenvalue weighted by atomic mass is 31.0. The highest BCUT2D eigenvalue weighted by molar-refractivity contribution is 6.92. The molecule has 0 saturated carbocycles. The fourth-order valence-corrected chi connectivity index (χ4v) is 3.08. The van der Waals surface area contributed by atoms with E-state index < -0.39 is 6.09 Å². The van der Waals surface area contributed by atoms with Crippen LogP contribution in [0.2, 0.25) is 0 Å². The summed E-state index contributed by atoms with van der Waals surface area (Å²) < 4.78 is 3.89. The smallest absolute Gasteiger partial charge is 0.404 e. The number of aromatic nitrogens is 2. The van der Waals surface area contributed by atoms with Gasteiger partial charge in [0.05, 0.1) is 30.2 Å². The molecule has 6 N–H and O–H groups in total. The average molecular weight is 548 g/mol. The van der Waals surface area contributed by atoms with Crippen molar-refractivity contribution >= 4 is 38.5 Å². The number of H-pyrrole nitrogens is 1. The van der Waals surface area contributed by atoms with Crippen LogP contribution in [-0.2, 0) is 9.53 Å². The molecule has 202 valence electrons. The van der Waals surface area contributed by atoms with Gasteiger partial charge in [-0.1, -0.05) is 60.7 Å². The molecule has 0 fully saturated rings. The third-order valence-electron chi connectivity index (χ3n) is 4.87. The van der Waals surface area contributed by atoms with Gasteiger partial charge < -0.3 is 26.2 Å². The predicted octanol–water partition coefficient (Wildman–Crippen LogP) is 4.26. The van der Waals surface area contributed by atoms with E-state index in [4.69, 9.17) is 0 Å². The number of aromatic amines is 1. The number of para-hydroxylation sites is 2. The number of nitrogens with one attached hydrogen (secondary N) is 2. The van der Waals surface area contributed by atoms with Crippen LogP contribution >= 0.6 is 9.90 Å². The number of allylic oxidation sites excluding steroid dienone is 4. The molecule has 1 aliphatic rings. The normalized spacial score (nSPS) is 10.4. The molecule has 0 aliphatic heterocycles. The van der Waals surface area contributed by atoms with E-state index in [-0.39, 0.29) is 28.3 Å². The lowest BCUT2D eigenvalue weighted by atomic mass is 10.1. The van der Waals surface area contributed by atoms with Gasteiger partial charge in [0.1, 0.15) is 18.0 Å². The summed E-state index contributed by atoms with van der Waals surface area (Å²) in [7, 11) is 1.22. The lowest BCUT2D eigenvalue weighted by molar-refractivity contribution is -0.112. The Kier molecular flexibility index (Phi) is 13.8. The molecule has 9 nitrogen and oxygen atoms in total.